The van der Waals surface area contributed by atoms with Crippen LogP contribution in [0.4, 0.5) is 11.4 Å². The van der Waals surface area contributed by atoms with E-state index in [-0.39, 0.29) is 0 Å². The van der Waals surface area contributed by atoms with Crippen LogP contribution in [0.1, 0.15) is 5.56 Å². The van der Waals surface area contributed by atoms with Crippen LogP contribution >= 0.6 is 0 Å². The summed E-state index contributed by atoms with van der Waals surface area (Å²) < 4.78 is 2.09. The van der Waals surface area contributed by atoms with Crippen LogP contribution in [0.25, 0.3) is 17.1 Å². The van der Waals surface area contributed by atoms with Gasteiger partial charge in [0.25, 0.3) is 0 Å². The lowest BCUT2D eigenvalue weighted by Crippen LogP contribution is -2.14. The number of nitrogens with zero attached hydrogens (tertiary/aromatic N) is 4. The van der Waals surface area contributed by atoms with E-state index in [0.717, 1.165) is 24.5 Å². The minimum absolute atomic E-state index is 0.929. The summed E-state index contributed by atoms with van der Waals surface area (Å²) >= 11 is 0. The van der Waals surface area contributed by atoms with Crippen LogP contribution in [-0.2, 0) is 6.42 Å². The van der Waals surface area contributed by atoms with E-state index in [9.17, 15) is 0 Å². The van der Waals surface area contributed by atoms with Gasteiger partial charge in [-0.15, -0.1) is 10.2 Å². The highest BCUT2D eigenvalue weighted by atomic mass is 15.3. The Balaban J connectivity index is 1.98. The molecule has 4 nitrogen and oxygen atoms in total. The molecule has 0 fully saturated rings. The zero-order valence-corrected chi connectivity index (χ0v) is 10.8. The predicted molar refractivity (Wildman–Crippen MR) is 77.5 cm³/mol. The first-order chi connectivity index (χ1) is 9.93. The van der Waals surface area contributed by atoms with E-state index in [4.69, 9.17) is 0 Å². The van der Waals surface area contributed by atoms with E-state index in [1.54, 1.807) is 6.33 Å². The van der Waals surface area contributed by atoms with Gasteiger partial charge in [-0.25, -0.2) is 0 Å². The number of hydrogen-bond acceptors (Lipinski definition) is 3. The summed E-state index contributed by atoms with van der Waals surface area (Å²) in [6.07, 6.45) is 2.89. The molecule has 20 heavy (non-hydrogen) atoms. The van der Waals surface area contributed by atoms with Gasteiger partial charge < -0.3 is 4.90 Å². The van der Waals surface area contributed by atoms with E-state index < -0.39 is 0 Å². The lowest BCUT2D eigenvalue weighted by molar-refractivity contribution is 0.983. The monoisotopic (exact) mass is 260 g/mol. The molecule has 0 unspecified atom stereocenters. The molecular formula is C16H12N4. The van der Waals surface area contributed by atoms with Crippen molar-refractivity contribution in [1.82, 2.24) is 14.8 Å². The summed E-state index contributed by atoms with van der Waals surface area (Å²) in [5.74, 6) is 0.929. The van der Waals surface area contributed by atoms with Gasteiger partial charge in [-0.2, -0.15) is 0 Å². The molecule has 0 aliphatic carbocycles. The predicted octanol–water partition coefficient (Wildman–Crippen LogP) is 2.94. The van der Waals surface area contributed by atoms with Gasteiger partial charge in [-0.05, 0) is 30.2 Å². The standard InChI is InChI=1S/C16H12N4/c1-2-7-14-13(6-1)19-9-8-11-4-3-5-12(15(11)19)16-18-17-10-20(14)16/h1-7,10H,8-9H2. The lowest BCUT2D eigenvalue weighted by Gasteiger charge is -2.21. The Hall–Kier alpha value is -2.62. The molecule has 0 atom stereocenters. The highest BCUT2D eigenvalue weighted by Crippen LogP contribution is 2.46. The van der Waals surface area contributed by atoms with Crippen molar-refractivity contribution in [3.05, 3.63) is 54.4 Å². The largest absolute Gasteiger partial charge is 0.339 e. The highest BCUT2D eigenvalue weighted by molar-refractivity contribution is 5.89. The van der Waals surface area contributed by atoms with Gasteiger partial charge in [0.1, 0.15) is 6.33 Å². The van der Waals surface area contributed by atoms with E-state index in [1.165, 1.54) is 22.5 Å². The first kappa shape index (κ1) is 10.2. The van der Waals surface area contributed by atoms with Crippen LogP contribution in [0.5, 0.6) is 0 Å². The topological polar surface area (TPSA) is 34.0 Å². The van der Waals surface area contributed by atoms with Crippen molar-refractivity contribution in [3.8, 4) is 17.1 Å². The van der Waals surface area contributed by atoms with E-state index in [1.807, 2.05) is 0 Å². The molecule has 96 valence electrons. The Morgan fingerprint density at radius 3 is 2.80 bits per heavy atom. The van der Waals surface area contributed by atoms with Crippen molar-refractivity contribution >= 4 is 11.4 Å². The maximum Gasteiger partial charge on any atom is 0.170 e. The fraction of sp³-hybridized carbons (Fsp3) is 0.125. The summed E-state index contributed by atoms with van der Waals surface area (Å²) in [6, 6.07) is 14.9. The molecule has 0 amide bonds. The molecule has 3 heterocycles. The molecule has 0 saturated heterocycles. The zero-order chi connectivity index (χ0) is 13.1. The number of benzene rings is 2. The fourth-order valence-electron chi connectivity index (χ4n) is 3.37. The molecule has 3 aromatic rings. The van der Waals surface area contributed by atoms with E-state index in [2.05, 4.69) is 62.1 Å². The van der Waals surface area contributed by atoms with Gasteiger partial charge in [0.05, 0.1) is 17.1 Å². The normalized spacial score (nSPS) is 14.5. The summed E-state index contributed by atoms with van der Waals surface area (Å²) in [6.45, 7) is 1.03. The first-order valence-corrected chi connectivity index (χ1v) is 6.83. The van der Waals surface area contributed by atoms with Crippen molar-refractivity contribution in [1.29, 1.82) is 0 Å². The third kappa shape index (κ3) is 1.12. The Morgan fingerprint density at radius 1 is 0.950 bits per heavy atom. The molecule has 0 radical (unpaired) electrons. The first-order valence-electron chi connectivity index (χ1n) is 6.83. The van der Waals surface area contributed by atoms with Crippen LogP contribution in [0.2, 0.25) is 0 Å². The van der Waals surface area contributed by atoms with Crippen molar-refractivity contribution in [2.75, 3.05) is 11.4 Å². The number of rotatable bonds is 0. The maximum atomic E-state index is 4.35. The van der Waals surface area contributed by atoms with Gasteiger partial charge >= 0.3 is 0 Å². The van der Waals surface area contributed by atoms with Crippen molar-refractivity contribution in [2.45, 2.75) is 6.42 Å². The molecule has 0 saturated carbocycles. The summed E-state index contributed by atoms with van der Waals surface area (Å²) in [5.41, 5.74) is 6.25. The minimum Gasteiger partial charge on any atom is -0.339 e. The van der Waals surface area contributed by atoms with Crippen LogP contribution in [0, 0.1) is 0 Å². The molecule has 1 aromatic heterocycles. The SMILES string of the molecule is c1cc2c3c(c1)-c1nncn1-c1ccccc1N3CC2. The molecule has 2 aliphatic rings. The smallest absolute Gasteiger partial charge is 0.170 e. The number of hydrogen-bond donors (Lipinski definition) is 0. The van der Waals surface area contributed by atoms with Gasteiger partial charge in [0, 0.05) is 12.1 Å². The van der Waals surface area contributed by atoms with Crippen LogP contribution in [-0.4, -0.2) is 21.3 Å². The number of fused-ring (bicyclic) bond motifs is 5. The van der Waals surface area contributed by atoms with E-state index >= 15 is 0 Å². The Bertz CT molecular complexity index is 834. The highest BCUT2D eigenvalue weighted by Gasteiger charge is 2.30. The second-order valence-electron chi connectivity index (χ2n) is 5.23. The molecule has 0 spiro atoms. The third-order valence-electron chi connectivity index (χ3n) is 4.21. The maximum absolute atomic E-state index is 4.35. The van der Waals surface area contributed by atoms with Gasteiger partial charge in [-0.1, -0.05) is 24.3 Å². The van der Waals surface area contributed by atoms with Gasteiger partial charge in [0.2, 0.25) is 0 Å². The Labute approximate surface area is 116 Å². The molecular weight excluding hydrogens is 248 g/mol. The van der Waals surface area contributed by atoms with Gasteiger partial charge in [-0.3, -0.25) is 4.57 Å². The van der Waals surface area contributed by atoms with E-state index in [0.29, 0.717) is 0 Å². The zero-order valence-electron chi connectivity index (χ0n) is 10.8. The quantitative estimate of drug-likeness (QED) is 0.623. The summed E-state index contributed by atoms with van der Waals surface area (Å²) in [4.78, 5) is 2.41. The number of anilines is 2. The minimum atomic E-state index is 0.929. The molecule has 2 aliphatic heterocycles. The molecule has 2 aromatic carbocycles. The van der Waals surface area contributed by atoms with Crippen molar-refractivity contribution < 1.29 is 0 Å². The Kier molecular flexibility index (Phi) is 1.77. The number of para-hydroxylation sites is 3. The summed E-state index contributed by atoms with van der Waals surface area (Å²) in [7, 11) is 0. The van der Waals surface area contributed by atoms with Crippen molar-refractivity contribution in [3.63, 3.8) is 0 Å². The second-order valence-corrected chi connectivity index (χ2v) is 5.23. The molecule has 4 heteroatoms. The lowest BCUT2D eigenvalue weighted by atomic mass is 10.1. The summed E-state index contributed by atoms with van der Waals surface area (Å²) in [5, 5.41) is 8.46. The molecule has 0 N–H and O–H groups in total. The van der Waals surface area contributed by atoms with Gasteiger partial charge in [0.15, 0.2) is 5.82 Å². The molecule has 5 rings (SSSR count). The number of aromatic nitrogens is 3. The van der Waals surface area contributed by atoms with Crippen LogP contribution < -0.4 is 4.90 Å². The van der Waals surface area contributed by atoms with Crippen molar-refractivity contribution in [2.24, 2.45) is 0 Å². The average Bonchev–Trinajstić information content (AvgIpc) is 3.11. The third-order valence-corrected chi connectivity index (χ3v) is 4.21. The molecule has 0 bridgehead atoms. The Morgan fingerprint density at radius 2 is 1.85 bits per heavy atom. The van der Waals surface area contributed by atoms with Crippen LogP contribution in [0.15, 0.2) is 48.8 Å². The second kappa shape index (κ2) is 3.48. The average molecular weight is 260 g/mol. The van der Waals surface area contributed by atoms with Crippen LogP contribution in [0.3, 0.4) is 0 Å². The fourth-order valence-corrected chi connectivity index (χ4v) is 3.37.